The van der Waals surface area contributed by atoms with Crippen LogP contribution in [0.15, 0.2) is 24.3 Å². The fourth-order valence-electron chi connectivity index (χ4n) is 2.78. The zero-order chi connectivity index (χ0) is 15.6. The van der Waals surface area contributed by atoms with Gasteiger partial charge in [-0.15, -0.1) is 0 Å². The first kappa shape index (κ1) is 16.3. The molecule has 0 amide bonds. The molecule has 1 aromatic carbocycles. The van der Waals surface area contributed by atoms with Crippen LogP contribution in [0.25, 0.3) is 0 Å². The van der Waals surface area contributed by atoms with Gasteiger partial charge in [0.2, 0.25) is 0 Å². The summed E-state index contributed by atoms with van der Waals surface area (Å²) in [6.45, 7) is 2.25. The molecule has 0 spiro atoms. The van der Waals surface area contributed by atoms with Gasteiger partial charge in [0.1, 0.15) is 0 Å². The molecule has 0 aromatic heterocycles. The molecule has 2 unspecified atom stereocenters. The van der Waals surface area contributed by atoms with Crippen LogP contribution in [0.4, 0.5) is 0 Å². The summed E-state index contributed by atoms with van der Waals surface area (Å²) in [5.41, 5.74) is 0.883. The summed E-state index contributed by atoms with van der Waals surface area (Å²) < 4.78 is 23.5. The predicted molar refractivity (Wildman–Crippen MR) is 81.3 cm³/mol. The molecule has 1 heterocycles. The largest absolute Gasteiger partial charge is 0.481 e. The van der Waals surface area contributed by atoms with Crippen molar-refractivity contribution in [3.05, 3.63) is 34.9 Å². The normalized spacial score (nSPS) is 23.6. The Bertz CT molecular complexity index is 632. The van der Waals surface area contributed by atoms with Crippen LogP contribution in [0.3, 0.4) is 0 Å². The van der Waals surface area contributed by atoms with E-state index in [1.54, 1.807) is 6.07 Å². The number of sulfone groups is 1. The molecule has 2 rings (SSSR count). The minimum absolute atomic E-state index is 0.0535. The van der Waals surface area contributed by atoms with Crippen LogP contribution in [0, 0.1) is 0 Å². The number of hydrogen-bond donors (Lipinski definition) is 1. The molecule has 0 radical (unpaired) electrons. The average molecular weight is 332 g/mol. The molecule has 1 aliphatic heterocycles. The number of halogens is 1. The first-order valence-electron chi connectivity index (χ1n) is 6.72. The van der Waals surface area contributed by atoms with Crippen molar-refractivity contribution in [1.29, 1.82) is 0 Å². The second kappa shape index (κ2) is 6.34. The Balaban J connectivity index is 2.27. The molecule has 1 aromatic rings. The van der Waals surface area contributed by atoms with E-state index in [2.05, 4.69) is 0 Å². The third-order valence-corrected chi connectivity index (χ3v) is 5.88. The van der Waals surface area contributed by atoms with E-state index >= 15 is 0 Å². The molecular weight excluding hydrogens is 314 g/mol. The second-order valence-corrected chi connectivity index (χ2v) is 7.94. The molecule has 0 saturated carbocycles. The van der Waals surface area contributed by atoms with E-state index in [9.17, 15) is 13.2 Å². The minimum Gasteiger partial charge on any atom is -0.481 e. The van der Waals surface area contributed by atoms with Crippen LogP contribution in [-0.4, -0.2) is 48.5 Å². The highest BCUT2D eigenvalue weighted by molar-refractivity contribution is 7.91. The minimum atomic E-state index is -3.17. The van der Waals surface area contributed by atoms with Crippen molar-refractivity contribution < 1.29 is 18.3 Å². The second-order valence-electron chi connectivity index (χ2n) is 5.30. The lowest BCUT2D eigenvalue weighted by Crippen LogP contribution is -2.50. The summed E-state index contributed by atoms with van der Waals surface area (Å²) in [6, 6.07) is 6.71. The number of carboxylic acids is 1. The van der Waals surface area contributed by atoms with Crippen molar-refractivity contribution in [3.8, 4) is 0 Å². The summed E-state index contributed by atoms with van der Waals surface area (Å²) in [5, 5.41) is 9.62. The van der Waals surface area contributed by atoms with Gasteiger partial charge in [-0.25, -0.2) is 8.42 Å². The smallest absolute Gasteiger partial charge is 0.304 e. The van der Waals surface area contributed by atoms with Crippen molar-refractivity contribution in [1.82, 2.24) is 4.90 Å². The third-order valence-electron chi connectivity index (χ3n) is 3.84. The fraction of sp³-hybridized carbons (Fsp3) is 0.500. The van der Waals surface area contributed by atoms with Gasteiger partial charge in [0.25, 0.3) is 0 Å². The van der Waals surface area contributed by atoms with E-state index in [-0.39, 0.29) is 24.0 Å². The Kier molecular flexibility index (Phi) is 4.91. The van der Waals surface area contributed by atoms with E-state index in [1.165, 1.54) is 0 Å². The van der Waals surface area contributed by atoms with Crippen LogP contribution in [0.1, 0.15) is 24.9 Å². The van der Waals surface area contributed by atoms with Crippen molar-refractivity contribution in [2.24, 2.45) is 0 Å². The van der Waals surface area contributed by atoms with Gasteiger partial charge >= 0.3 is 5.97 Å². The topological polar surface area (TPSA) is 74.7 Å². The van der Waals surface area contributed by atoms with Gasteiger partial charge < -0.3 is 5.11 Å². The van der Waals surface area contributed by atoms with Crippen molar-refractivity contribution >= 4 is 27.4 Å². The Hall–Kier alpha value is -1.11. The van der Waals surface area contributed by atoms with E-state index in [1.807, 2.05) is 30.0 Å². The van der Waals surface area contributed by atoms with Gasteiger partial charge in [0, 0.05) is 23.7 Å². The van der Waals surface area contributed by atoms with Crippen molar-refractivity contribution in [2.75, 3.05) is 18.1 Å². The van der Waals surface area contributed by atoms with Gasteiger partial charge in [-0.3, -0.25) is 9.69 Å². The molecule has 2 atom stereocenters. The third kappa shape index (κ3) is 3.96. The predicted octanol–water partition coefficient (Wildman–Crippen LogP) is 1.97. The van der Waals surface area contributed by atoms with Gasteiger partial charge in [0.05, 0.1) is 17.9 Å². The Morgan fingerprint density at radius 3 is 2.76 bits per heavy atom. The van der Waals surface area contributed by atoms with Gasteiger partial charge in [-0.1, -0.05) is 29.8 Å². The molecule has 116 valence electrons. The summed E-state index contributed by atoms with van der Waals surface area (Å²) >= 11 is 6.19. The van der Waals surface area contributed by atoms with Crippen molar-refractivity contribution in [2.45, 2.75) is 25.4 Å². The van der Waals surface area contributed by atoms with E-state index in [0.29, 0.717) is 11.6 Å². The highest BCUT2D eigenvalue weighted by atomic mass is 35.5. The van der Waals surface area contributed by atoms with Crippen LogP contribution in [-0.2, 0) is 14.6 Å². The maximum absolute atomic E-state index is 11.8. The molecule has 21 heavy (non-hydrogen) atoms. The summed E-state index contributed by atoms with van der Waals surface area (Å²) in [4.78, 5) is 12.9. The first-order chi connectivity index (χ1) is 9.80. The molecule has 0 bridgehead atoms. The number of rotatable bonds is 4. The maximum atomic E-state index is 11.8. The average Bonchev–Trinajstić information content (AvgIpc) is 2.37. The van der Waals surface area contributed by atoms with E-state index in [0.717, 1.165) is 5.56 Å². The zero-order valence-corrected chi connectivity index (χ0v) is 13.3. The maximum Gasteiger partial charge on any atom is 0.304 e. The lowest BCUT2D eigenvalue weighted by molar-refractivity contribution is -0.138. The van der Waals surface area contributed by atoms with E-state index in [4.69, 9.17) is 16.7 Å². The number of nitrogens with zero attached hydrogens (tertiary/aromatic N) is 1. The van der Waals surface area contributed by atoms with Gasteiger partial charge in [-0.2, -0.15) is 0 Å². The van der Waals surface area contributed by atoms with Crippen LogP contribution >= 0.6 is 11.6 Å². The molecule has 1 N–H and O–H groups in total. The van der Waals surface area contributed by atoms with Gasteiger partial charge in [0.15, 0.2) is 9.84 Å². The number of carboxylic acid groups (broad SMARTS) is 1. The Labute approximate surface area is 129 Å². The fourth-order valence-corrected chi connectivity index (χ4v) is 4.62. The van der Waals surface area contributed by atoms with Gasteiger partial charge in [-0.05, 0) is 18.6 Å². The summed E-state index contributed by atoms with van der Waals surface area (Å²) in [5.74, 6) is -1.06. The monoisotopic (exact) mass is 331 g/mol. The SMILES string of the molecule is CC(c1ccccc1Cl)N1CCS(=O)(=O)CC1CC(=O)O. The molecule has 1 fully saturated rings. The lowest BCUT2D eigenvalue weighted by Gasteiger charge is -2.39. The zero-order valence-electron chi connectivity index (χ0n) is 11.7. The Morgan fingerprint density at radius 1 is 1.48 bits per heavy atom. The number of carbonyl (C=O) groups is 1. The first-order valence-corrected chi connectivity index (χ1v) is 8.92. The molecule has 0 aliphatic carbocycles. The van der Waals surface area contributed by atoms with Crippen molar-refractivity contribution in [3.63, 3.8) is 0 Å². The lowest BCUT2D eigenvalue weighted by atomic mass is 10.0. The Morgan fingerprint density at radius 2 is 2.14 bits per heavy atom. The highest BCUT2D eigenvalue weighted by Gasteiger charge is 2.35. The quantitative estimate of drug-likeness (QED) is 0.913. The van der Waals surface area contributed by atoms with Crippen LogP contribution in [0.2, 0.25) is 5.02 Å². The number of hydrogen-bond acceptors (Lipinski definition) is 4. The van der Waals surface area contributed by atoms with Crippen LogP contribution in [0.5, 0.6) is 0 Å². The molecule has 5 nitrogen and oxygen atoms in total. The number of benzene rings is 1. The highest BCUT2D eigenvalue weighted by Crippen LogP contribution is 2.31. The molecule has 1 saturated heterocycles. The molecule has 7 heteroatoms. The summed E-state index contributed by atoms with van der Waals surface area (Å²) in [6.07, 6.45) is -0.186. The van der Waals surface area contributed by atoms with E-state index < -0.39 is 21.8 Å². The standard InChI is InChI=1S/C14H18ClNO4S/c1-10(12-4-2-3-5-13(12)15)16-6-7-21(19,20)9-11(16)8-14(17)18/h2-5,10-11H,6-9H2,1H3,(H,17,18). The summed E-state index contributed by atoms with van der Waals surface area (Å²) in [7, 11) is -3.17. The number of aliphatic carboxylic acids is 1. The molecular formula is C14H18ClNO4S. The molecule has 1 aliphatic rings. The van der Waals surface area contributed by atoms with Crippen LogP contribution < -0.4 is 0 Å².